The van der Waals surface area contributed by atoms with Crippen molar-refractivity contribution < 1.29 is 37.8 Å². The molecule has 0 heterocycles. The fraction of sp³-hybridized carbons (Fsp3) is 0.677. The van der Waals surface area contributed by atoms with Crippen LogP contribution in [0.2, 0.25) is 0 Å². The number of rotatable bonds is 26. The quantitative estimate of drug-likeness (QED) is 0.0871. The van der Waals surface area contributed by atoms with Crippen molar-refractivity contribution in [2.24, 2.45) is 0 Å². The van der Waals surface area contributed by atoms with Gasteiger partial charge in [0.25, 0.3) is 0 Å². The van der Waals surface area contributed by atoms with Crippen LogP contribution < -0.4 is 4.74 Å². The molecule has 1 unspecified atom stereocenters. The van der Waals surface area contributed by atoms with Gasteiger partial charge in [0.2, 0.25) is 0 Å². The van der Waals surface area contributed by atoms with Gasteiger partial charge in [-0.3, -0.25) is 4.52 Å². The monoisotopic (exact) mass is 582 g/mol. The summed E-state index contributed by atoms with van der Waals surface area (Å²) in [6.45, 7) is 4.27. The molecule has 0 spiro atoms. The summed E-state index contributed by atoms with van der Waals surface area (Å²) < 4.78 is 38.1. The summed E-state index contributed by atoms with van der Waals surface area (Å²) in [7, 11) is -4.44. The molecule has 228 valence electrons. The summed E-state index contributed by atoms with van der Waals surface area (Å²) in [5, 5.41) is 2.28. The molecule has 2 N–H and O–H groups in total. The van der Waals surface area contributed by atoms with Gasteiger partial charge in [0.05, 0.1) is 46.2 Å². The minimum absolute atomic E-state index is 0.0262. The van der Waals surface area contributed by atoms with E-state index >= 15 is 0 Å². The fourth-order valence-electron chi connectivity index (χ4n) is 4.56. The first-order valence-corrected chi connectivity index (χ1v) is 16.6. The summed E-state index contributed by atoms with van der Waals surface area (Å²) >= 11 is 0. The molecule has 0 saturated carbocycles. The molecule has 0 radical (unpaired) electrons. The molecule has 40 heavy (non-hydrogen) atoms. The zero-order valence-corrected chi connectivity index (χ0v) is 25.2. The minimum Gasteiger partial charge on any atom is -0.487 e. The summed E-state index contributed by atoms with van der Waals surface area (Å²) in [4.78, 5) is 17.2. The Morgan fingerprint density at radius 3 is 1.88 bits per heavy atom. The number of fused-ring (bicyclic) bond motifs is 1. The number of benzene rings is 2. The van der Waals surface area contributed by atoms with Crippen LogP contribution in [0, 0.1) is 0 Å². The Morgan fingerprint density at radius 2 is 1.23 bits per heavy atom. The van der Waals surface area contributed by atoms with Gasteiger partial charge in [-0.25, -0.2) is 4.57 Å². The maximum absolute atomic E-state index is 10.6. The molecule has 2 aromatic carbocycles. The van der Waals surface area contributed by atoms with Gasteiger partial charge in [-0.15, -0.1) is 0 Å². The topological polar surface area (TPSA) is 104 Å². The van der Waals surface area contributed by atoms with Gasteiger partial charge in [-0.2, -0.15) is 0 Å². The molecule has 2 aromatic rings. The fourth-order valence-corrected chi connectivity index (χ4v) is 4.87. The SMILES string of the molecule is CCCCCCCCCCCCCC(COCCOCCOCCOP(=O)(O)O)Oc1cccc2ccccc12. The molecule has 0 aliphatic rings. The van der Waals surface area contributed by atoms with Crippen molar-refractivity contribution in [2.45, 2.75) is 90.1 Å². The van der Waals surface area contributed by atoms with Gasteiger partial charge in [0.1, 0.15) is 11.9 Å². The highest BCUT2D eigenvalue weighted by Gasteiger charge is 2.14. The molecule has 0 amide bonds. The number of phosphoric acid groups is 1. The van der Waals surface area contributed by atoms with Crippen LogP contribution in [0.15, 0.2) is 42.5 Å². The smallest absolute Gasteiger partial charge is 0.469 e. The van der Waals surface area contributed by atoms with Crippen molar-refractivity contribution in [1.82, 2.24) is 0 Å². The lowest BCUT2D eigenvalue weighted by Gasteiger charge is -2.20. The number of hydrogen-bond acceptors (Lipinski definition) is 6. The summed E-state index contributed by atoms with van der Waals surface area (Å²) in [6, 6.07) is 14.4. The van der Waals surface area contributed by atoms with Gasteiger partial charge in [-0.1, -0.05) is 108 Å². The second-order valence-corrected chi connectivity index (χ2v) is 11.4. The number of hydrogen-bond donors (Lipinski definition) is 2. The van der Waals surface area contributed by atoms with Crippen LogP contribution in [0.1, 0.15) is 84.0 Å². The molecule has 8 nitrogen and oxygen atoms in total. The van der Waals surface area contributed by atoms with E-state index in [1.165, 1.54) is 69.6 Å². The van der Waals surface area contributed by atoms with Gasteiger partial charge in [-0.05, 0) is 24.3 Å². The van der Waals surface area contributed by atoms with E-state index < -0.39 is 7.82 Å². The van der Waals surface area contributed by atoms with E-state index in [0.29, 0.717) is 33.0 Å². The standard InChI is InChI=1S/C31H51O8P/c1-2-3-4-5-6-7-8-9-10-11-12-18-29(39-31-20-15-17-28-16-13-14-19-30(28)31)27-37-24-23-35-21-22-36-25-26-38-40(32,33)34/h13-17,19-20,29H,2-12,18,21-27H2,1H3,(H2,32,33,34). The number of ether oxygens (including phenoxy) is 4. The lowest BCUT2D eigenvalue weighted by atomic mass is 10.0. The van der Waals surface area contributed by atoms with E-state index in [2.05, 4.69) is 29.6 Å². The zero-order chi connectivity index (χ0) is 28.7. The van der Waals surface area contributed by atoms with Crippen molar-refractivity contribution in [1.29, 1.82) is 0 Å². The first kappa shape index (κ1) is 34.7. The van der Waals surface area contributed by atoms with Crippen LogP contribution in [0.3, 0.4) is 0 Å². The Bertz CT molecular complexity index is 929. The van der Waals surface area contributed by atoms with Gasteiger partial charge in [0.15, 0.2) is 0 Å². The van der Waals surface area contributed by atoms with E-state index in [1.807, 2.05) is 24.3 Å². The van der Waals surface area contributed by atoms with Crippen LogP contribution in [0.5, 0.6) is 5.75 Å². The maximum atomic E-state index is 10.6. The Kier molecular flexibility index (Phi) is 19.2. The van der Waals surface area contributed by atoms with Gasteiger partial charge >= 0.3 is 7.82 Å². The van der Waals surface area contributed by atoms with Crippen molar-refractivity contribution in [3.05, 3.63) is 42.5 Å². The third-order valence-electron chi connectivity index (χ3n) is 6.71. The molecule has 0 bridgehead atoms. The Morgan fingerprint density at radius 1 is 0.675 bits per heavy atom. The largest absolute Gasteiger partial charge is 0.487 e. The summed E-state index contributed by atoms with van der Waals surface area (Å²) in [5.41, 5.74) is 0. The third kappa shape index (κ3) is 17.3. The predicted octanol–water partition coefficient (Wildman–Crippen LogP) is 7.45. The minimum atomic E-state index is -4.44. The normalized spacial score (nSPS) is 12.7. The van der Waals surface area contributed by atoms with Crippen molar-refractivity contribution >= 4 is 18.6 Å². The second-order valence-electron chi connectivity index (χ2n) is 10.2. The van der Waals surface area contributed by atoms with Gasteiger partial charge < -0.3 is 28.7 Å². The molecule has 0 fully saturated rings. The number of phosphoric ester groups is 1. The van der Waals surface area contributed by atoms with Crippen LogP contribution in [-0.2, 0) is 23.3 Å². The summed E-state index contributed by atoms with van der Waals surface area (Å²) in [6.07, 6.45) is 15.4. The first-order chi connectivity index (χ1) is 19.5. The van der Waals surface area contributed by atoms with Crippen LogP contribution in [0.25, 0.3) is 10.8 Å². The Hall–Kier alpha value is -1.51. The average Bonchev–Trinajstić information content (AvgIpc) is 2.94. The van der Waals surface area contributed by atoms with Crippen molar-refractivity contribution in [3.8, 4) is 5.75 Å². The molecule has 1 atom stereocenters. The summed E-state index contributed by atoms with van der Waals surface area (Å²) in [5.74, 6) is 0.894. The highest BCUT2D eigenvalue weighted by molar-refractivity contribution is 7.46. The second kappa shape index (κ2) is 22.1. The van der Waals surface area contributed by atoms with Crippen molar-refractivity contribution in [2.75, 3.05) is 46.2 Å². The Balaban J connectivity index is 1.65. The van der Waals surface area contributed by atoms with E-state index in [4.69, 9.17) is 28.7 Å². The first-order valence-electron chi connectivity index (χ1n) is 15.1. The van der Waals surface area contributed by atoms with E-state index in [-0.39, 0.29) is 19.3 Å². The zero-order valence-electron chi connectivity index (χ0n) is 24.3. The lowest BCUT2D eigenvalue weighted by molar-refractivity contribution is -0.00935. The van der Waals surface area contributed by atoms with E-state index in [9.17, 15) is 4.57 Å². The molecule has 9 heteroatoms. The maximum Gasteiger partial charge on any atom is 0.469 e. The molecular formula is C31H51O8P. The van der Waals surface area contributed by atoms with Crippen LogP contribution in [0.4, 0.5) is 0 Å². The molecular weight excluding hydrogens is 531 g/mol. The molecule has 0 aliphatic carbocycles. The van der Waals surface area contributed by atoms with Crippen LogP contribution in [-0.4, -0.2) is 62.1 Å². The average molecular weight is 583 g/mol. The molecule has 0 aliphatic heterocycles. The lowest BCUT2D eigenvalue weighted by Crippen LogP contribution is -2.24. The predicted molar refractivity (Wildman–Crippen MR) is 160 cm³/mol. The molecule has 0 saturated heterocycles. The highest BCUT2D eigenvalue weighted by Crippen LogP contribution is 2.35. The Labute approximate surface area is 240 Å². The third-order valence-corrected chi connectivity index (χ3v) is 7.23. The highest BCUT2D eigenvalue weighted by atomic mass is 31.2. The molecule has 2 rings (SSSR count). The van der Waals surface area contributed by atoms with Gasteiger partial charge in [0, 0.05) is 5.39 Å². The number of unbranched alkanes of at least 4 members (excludes halogenated alkanes) is 10. The van der Waals surface area contributed by atoms with E-state index in [1.54, 1.807) is 0 Å². The van der Waals surface area contributed by atoms with E-state index in [0.717, 1.165) is 24.0 Å². The van der Waals surface area contributed by atoms with Crippen molar-refractivity contribution in [3.63, 3.8) is 0 Å². The van der Waals surface area contributed by atoms with Crippen LogP contribution >= 0.6 is 7.82 Å². The molecule has 0 aromatic heterocycles.